The van der Waals surface area contributed by atoms with E-state index in [0.717, 1.165) is 23.7 Å². The molecule has 0 N–H and O–H groups in total. The molecular formula is C27H23FN4O2S. The standard InChI is InChI=1S/C27H23FN4O2S/c1-2-19-8-12-22(13-9-19)32-26(34)23-6-3-4-7-24(23)30-27(32)35-18-25(33)31(17-5-16-29)21-14-10-20(28)11-15-21/h3-4,6-15H,2,5,17-18H2,1H3. The number of halogens is 1. The third kappa shape index (κ3) is 5.42. The Hall–Kier alpha value is -3.96. The van der Waals surface area contributed by atoms with Crippen LogP contribution in [-0.4, -0.2) is 27.8 Å². The molecular weight excluding hydrogens is 463 g/mol. The number of benzene rings is 3. The van der Waals surface area contributed by atoms with E-state index in [2.05, 4.69) is 11.9 Å². The zero-order valence-corrected chi connectivity index (χ0v) is 20.0. The van der Waals surface area contributed by atoms with Gasteiger partial charge in [0, 0.05) is 12.2 Å². The first-order valence-corrected chi connectivity index (χ1v) is 12.2. The lowest BCUT2D eigenvalue weighted by molar-refractivity contribution is -0.116. The first-order chi connectivity index (χ1) is 17.0. The van der Waals surface area contributed by atoms with Crippen molar-refractivity contribution in [3.05, 3.63) is 94.5 Å². The molecule has 0 saturated carbocycles. The highest BCUT2D eigenvalue weighted by atomic mass is 32.2. The smallest absolute Gasteiger partial charge is 0.266 e. The number of anilines is 1. The Balaban J connectivity index is 1.69. The Morgan fingerprint density at radius 3 is 2.49 bits per heavy atom. The van der Waals surface area contributed by atoms with E-state index in [0.29, 0.717) is 27.4 Å². The second-order valence-corrected chi connectivity index (χ2v) is 8.73. The van der Waals surface area contributed by atoms with Crippen LogP contribution >= 0.6 is 11.8 Å². The highest BCUT2D eigenvalue weighted by Gasteiger charge is 2.19. The van der Waals surface area contributed by atoms with Gasteiger partial charge in [0.05, 0.1) is 34.8 Å². The minimum Gasteiger partial charge on any atom is -0.311 e. The molecule has 4 aromatic rings. The summed E-state index contributed by atoms with van der Waals surface area (Å²) >= 11 is 1.15. The Bertz CT molecular complexity index is 1440. The monoisotopic (exact) mass is 486 g/mol. The zero-order valence-electron chi connectivity index (χ0n) is 19.1. The molecule has 176 valence electrons. The van der Waals surface area contributed by atoms with Crippen LogP contribution in [0.4, 0.5) is 10.1 Å². The molecule has 0 aliphatic carbocycles. The maximum absolute atomic E-state index is 13.4. The van der Waals surface area contributed by atoms with Crippen LogP contribution in [0.15, 0.2) is 82.7 Å². The van der Waals surface area contributed by atoms with E-state index in [1.807, 2.05) is 36.4 Å². The predicted molar refractivity (Wildman–Crippen MR) is 136 cm³/mol. The normalized spacial score (nSPS) is 10.8. The summed E-state index contributed by atoms with van der Waals surface area (Å²) in [5.41, 5.74) is 2.65. The Labute approximate surface area is 206 Å². The minimum absolute atomic E-state index is 0.0133. The van der Waals surface area contributed by atoms with Gasteiger partial charge in [0.1, 0.15) is 5.82 Å². The maximum Gasteiger partial charge on any atom is 0.266 e. The van der Waals surface area contributed by atoms with Gasteiger partial charge in [-0.05, 0) is 60.5 Å². The van der Waals surface area contributed by atoms with Crippen molar-refractivity contribution in [2.24, 2.45) is 0 Å². The Kier molecular flexibility index (Phi) is 7.58. The van der Waals surface area contributed by atoms with Gasteiger partial charge in [-0.1, -0.05) is 43.0 Å². The lowest BCUT2D eigenvalue weighted by Crippen LogP contribution is -2.33. The second kappa shape index (κ2) is 11.0. The van der Waals surface area contributed by atoms with Crippen molar-refractivity contribution in [1.29, 1.82) is 5.26 Å². The summed E-state index contributed by atoms with van der Waals surface area (Å²) in [5, 5.41) is 9.91. The van der Waals surface area contributed by atoms with Crippen molar-refractivity contribution in [3.8, 4) is 11.8 Å². The topological polar surface area (TPSA) is 79.0 Å². The van der Waals surface area contributed by atoms with Crippen LogP contribution in [-0.2, 0) is 11.2 Å². The summed E-state index contributed by atoms with van der Waals surface area (Å²) in [6, 6.07) is 22.4. The van der Waals surface area contributed by atoms with E-state index in [1.54, 1.807) is 18.2 Å². The van der Waals surface area contributed by atoms with E-state index < -0.39 is 5.82 Å². The molecule has 6 nitrogen and oxygen atoms in total. The van der Waals surface area contributed by atoms with Gasteiger partial charge < -0.3 is 4.90 Å². The molecule has 4 rings (SSSR count). The summed E-state index contributed by atoms with van der Waals surface area (Å²) in [6.45, 7) is 2.24. The molecule has 8 heteroatoms. The van der Waals surface area contributed by atoms with Crippen LogP contribution in [0.25, 0.3) is 16.6 Å². The lowest BCUT2D eigenvalue weighted by Gasteiger charge is -2.22. The molecule has 1 aromatic heterocycles. The molecule has 0 spiro atoms. The number of aromatic nitrogens is 2. The lowest BCUT2D eigenvalue weighted by atomic mass is 10.1. The molecule has 1 amide bonds. The highest BCUT2D eigenvalue weighted by molar-refractivity contribution is 7.99. The van der Waals surface area contributed by atoms with E-state index >= 15 is 0 Å². The van der Waals surface area contributed by atoms with Crippen molar-refractivity contribution in [1.82, 2.24) is 9.55 Å². The number of hydrogen-bond donors (Lipinski definition) is 0. The average Bonchev–Trinajstić information content (AvgIpc) is 2.89. The number of amides is 1. The zero-order chi connectivity index (χ0) is 24.8. The van der Waals surface area contributed by atoms with Crippen molar-refractivity contribution < 1.29 is 9.18 Å². The van der Waals surface area contributed by atoms with Crippen molar-refractivity contribution >= 4 is 34.3 Å². The summed E-state index contributed by atoms with van der Waals surface area (Å²) in [7, 11) is 0. The van der Waals surface area contributed by atoms with Crippen LogP contribution in [0.2, 0.25) is 0 Å². The number of hydrogen-bond acceptors (Lipinski definition) is 5. The average molecular weight is 487 g/mol. The third-order valence-corrected chi connectivity index (χ3v) is 6.48. The minimum atomic E-state index is -0.408. The number of carbonyl (C=O) groups is 1. The summed E-state index contributed by atoms with van der Waals surface area (Å²) < 4.78 is 14.9. The Morgan fingerprint density at radius 2 is 1.80 bits per heavy atom. The highest BCUT2D eigenvalue weighted by Crippen LogP contribution is 2.24. The van der Waals surface area contributed by atoms with Crippen LogP contribution in [0.3, 0.4) is 0 Å². The third-order valence-electron chi connectivity index (χ3n) is 5.56. The first-order valence-electron chi connectivity index (χ1n) is 11.2. The number of fused-ring (bicyclic) bond motifs is 1. The fraction of sp³-hybridized carbons (Fsp3) is 0.185. The van der Waals surface area contributed by atoms with Crippen molar-refractivity contribution in [3.63, 3.8) is 0 Å². The van der Waals surface area contributed by atoms with E-state index in [-0.39, 0.29) is 30.2 Å². The van der Waals surface area contributed by atoms with Crippen LogP contribution in [0.1, 0.15) is 18.9 Å². The fourth-order valence-corrected chi connectivity index (χ4v) is 4.59. The summed E-state index contributed by atoms with van der Waals surface area (Å²) in [5.74, 6) is -0.693. The molecule has 0 unspecified atom stereocenters. The van der Waals surface area contributed by atoms with E-state index in [1.165, 1.54) is 33.7 Å². The molecule has 0 atom stereocenters. The van der Waals surface area contributed by atoms with Gasteiger partial charge in [-0.25, -0.2) is 9.37 Å². The molecule has 0 fully saturated rings. The second-order valence-electron chi connectivity index (χ2n) is 7.79. The van der Waals surface area contributed by atoms with Gasteiger partial charge >= 0.3 is 0 Å². The Morgan fingerprint density at radius 1 is 1.09 bits per heavy atom. The van der Waals surface area contributed by atoms with Gasteiger partial charge in [0.15, 0.2) is 5.16 Å². The molecule has 3 aromatic carbocycles. The molecule has 35 heavy (non-hydrogen) atoms. The van der Waals surface area contributed by atoms with Crippen molar-refractivity contribution in [2.45, 2.75) is 24.9 Å². The van der Waals surface area contributed by atoms with Gasteiger partial charge in [-0.15, -0.1) is 0 Å². The van der Waals surface area contributed by atoms with Crippen molar-refractivity contribution in [2.75, 3.05) is 17.2 Å². The van der Waals surface area contributed by atoms with Crippen LogP contribution in [0.5, 0.6) is 0 Å². The van der Waals surface area contributed by atoms with Gasteiger partial charge in [-0.3, -0.25) is 14.2 Å². The number of rotatable bonds is 8. The fourth-order valence-electron chi connectivity index (χ4n) is 3.70. The molecule has 0 saturated heterocycles. The van der Waals surface area contributed by atoms with Crippen LogP contribution < -0.4 is 10.5 Å². The van der Waals surface area contributed by atoms with Gasteiger partial charge in [0.25, 0.3) is 5.56 Å². The molecule has 0 radical (unpaired) electrons. The first kappa shape index (κ1) is 24.2. The van der Waals surface area contributed by atoms with Gasteiger partial charge in [0.2, 0.25) is 5.91 Å². The summed E-state index contributed by atoms with van der Waals surface area (Å²) in [4.78, 5) is 32.7. The summed E-state index contributed by atoms with van der Waals surface area (Å²) in [6.07, 6.45) is 1.01. The number of para-hydroxylation sites is 1. The number of carbonyl (C=O) groups excluding carboxylic acids is 1. The number of thioether (sulfide) groups is 1. The number of aryl methyl sites for hydroxylation is 1. The van der Waals surface area contributed by atoms with Crippen LogP contribution in [0, 0.1) is 17.1 Å². The molecule has 1 heterocycles. The van der Waals surface area contributed by atoms with E-state index in [4.69, 9.17) is 5.26 Å². The quantitative estimate of drug-likeness (QED) is 0.255. The molecule has 0 bridgehead atoms. The number of nitriles is 1. The predicted octanol–water partition coefficient (Wildman–Crippen LogP) is 5.13. The molecule has 0 aliphatic rings. The largest absolute Gasteiger partial charge is 0.311 e. The SMILES string of the molecule is CCc1ccc(-n2c(SCC(=O)N(CCC#N)c3ccc(F)cc3)nc3ccccc3c2=O)cc1. The maximum atomic E-state index is 13.4. The van der Waals surface area contributed by atoms with E-state index in [9.17, 15) is 14.0 Å². The molecule has 0 aliphatic heterocycles. The van der Waals surface area contributed by atoms with Gasteiger partial charge in [-0.2, -0.15) is 5.26 Å². The number of nitrogens with zero attached hydrogens (tertiary/aromatic N) is 4.